The monoisotopic (exact) mass is 720 g/mol. The number of esters is 2. The average molecular weight is 720 g/mol. The van der Waals surface area contributed by atoms with E-state index in [0.717, 1.165) is 32.1 Å². The molecule has 0 fully saturated rings. The smallest absolute Gasteiger partial charge is 0.462 e. The lowest BCUT2D eigenvalue weighted by molar-refractivity contribution is -0.161. The largest absolute Gasteiger partial charge is 0.472 e. The lowest BCUT2D eigenvalue weighted by Crippen LogP contribution is -2.29. The molecule has 0 amide bonds. The van der Waals surface area contributed by atoms with Gasteiger partial charge in [0.1, 0.15) is 6.61 Å². The minimum Gasteiger partial charge on any atom is -0.462 e. The van der Waals surface area contributed by atoms with Gasteiger partial charge in [-0.05, 0) is 12.8 Å². The molecule has 0 aliphatic rings. The Kier molecular flexibility index (Phi) is 36.0. The molecular formula is C39H78NO8P. The van der Waals surface area contributed by atoms with E-state index in [4.69, 9.17) is 24.3 Å². The van der Waals surface area contributed by atoms with Crippen LogP contribution in [-0.2, 0) is 32.7 Å². The van der Waals surface area contributed by atoms with Gasteiger partial charge in [0.05, 0.1) is 13.2 Å². The fraction of sp³-hybridized carbons (Fsp3) is 0.949. The zero-order chi connectivity index (χ0) is 36.1. The Balaban J connectivity index is 4.14. The van der Waals surface area contributed by atoms with Crippen molar-refractivity contribution in [1.82, 2.24) is 0 Å². The summed E-state index contributed by atoms with van der Waals surface area (Å²) in [7, 11) is -4.36. The van der Waals surface area contributed by atoms with Gasteiger partial charge in [-0.3, -0.25) is 18.6 Å². The number of hydrogen-bond donors (Lipinski definition) is 2. The van der Waals surface area contributed by atoms with Crippen LogP contribution in [0.3, 0.4) is 0 Å². The van der Waals surface area contributed by atoms with E-state index in [-0.39, 0.29) is 38.6 Å². The zero-order valence-corrected chi connectivity index (χ0v) is 32.8. The van der Waals surface area contributed by atoms with Gasteiger partial charge in [-0.1, -0.05) is 181 Å². The number of ether oxygens (including phenoxy) is 2. The van der Waals surface area contributed by atoms with Crippen molar-refractivity contribution in [2.24, 2.45) is 5.73 Å². The van der Waals surface area contributed by atoms with Crippen molar-refractivity contribution in [2.45, 2.75) is 213 Å². The number of phosphoric acid groups is 1. The van der Waals surface area contributed by atoms with Crippen molar-refractivity contribution in [3.63, 3.8) is 0 Å². The summed E-state index contributed by atoms with van der Waals surface area (Å²) in [6.07, 6.45) is 34.1. The van der Waals surface area contributed by atoms with E-state index >= 15 is 0 Å². The molecule has 0 saturated heterocycles. The lowest BCUT2D eigenvalue weighted by Gasteiger charge is -2.19. The molecule has 0 aromatic heterocycles. The summed E-state index contributed by atoms with van der Waals surface area (Å²) in [5.74, 6) is -0.815. The molecule has 0 radical (unpaired) electrons. The van der Waals surface area contributed by atoms with Gasteiger partial charge in [-0.25, -0.2) is 4.57 Å². The Morgan fingerprint density at radius 3 is 1.24 bits per heavy atom. The summed E-state index contributed by atoms with van der Waals surface area (Å²) >= 11 is 0. The van der Waals surface area contributed by atoms with Crippen molar-refractivity contribution in [3.8, 4) is 0 Å². The Morgan fingerprint density at radius 2 is 0.878 bits per heavy atom. The summed E-state index contributed by atoms with van der Waals surface area (Å²) in [5.41, 5.74) is 5.34. The molecule has 0 aromatic rings. The highest BCUT2D eigenvalue weighted by atomic mass is 31.2. The van der Waals surface area contributed by atoms with Crippen LogP contribution in [0.4, 0.5) is 0 Å². The third-order valence-corrected chi connectivity index (χ3v) is 9.98. The number of nitrogens with two attached hydrogens (primary N) is 1. The number of carbonyl (C=O) groups is 2. The van der Waals surface area contributed by atoms with Crippen LogP contribution < -0.4 is 5.73 Å². The molecule has 10 heteroatoms. The third kappa shape index (κ3) is 36.6. The van der Waals surface area contributed by atoms with Crippen molar-refractivity contribution < 1.29 is 37.6 Å². The zero-order valence-electron chi connectivity index (χ0n) is 31.9. The van der Waals surface area contributed by atoms with E-state index in [1.807, 2.05) is 0 Å². The molecular weight excluding hydrogens is 641 g/mol. The van der Waals surface area contributed by atoms with Crippen LogP contribution in [0.5, 0.6) is 0 Å². The fourth-order valence-corrected chi connectivity index (χ4v) is 6.69. The van der Waals surface area contributed by atoms with Gasteiger partial charge in [0.25, 0.3) is 0 Å². The van der Waals surface area contributed by atoms with E-state index in [0.29, 0.717) is 6.42 Å². The van der Waals surface area contributed by atoms with Crippen LogP contribution in [-0.4, -0.2) is 49.3 Å². The first-order chi connectivity index (χ1) is 23.8. The Labute approximate surface area is 301 Å². The first kappa shape index (κ1) is 48.0. The predicted molar refractivity (Wildman–Crippen MR) is 201 cm³/mol. The predicted octanol–water partition coefficient (Wildman–Crippen LogP) is 11.3. The molecule has 0 spiro atoms. The maximum absolute atomic E-state index is 12.5. The molecule has 0 aliphatic heterocycles. The average Bonchev–Trinajstić information content (AvgIpc) is 3.08. The summed E-state index contributed by atoms with van der Waals surface area (Å²) < 4.78 is 32.7. The maximum Gasteiger partial charge on any atom is 0.472 e. The topological polar surface area (TPSA) is 134 Å². The highest BCUT2D eigenvalue weighted by Crippen LogP contribution is 2.43. The molecule has 3 N–H and O–H groups in total. The third-order valence-electron chi connectivity index (χ3n) is 8.99. The van der Waals surface area contributed by atoms with Crippen LogP contribution in [0.15, 0.2) is 0 Å². The normalized spacial score (nSPS) is 13.3. The van der Waals surface area contributed by atoms with Crippen molar-refractivity contribution in [1.29, 1.82) is 0 Å². The van der Waals surface area contributed by atoms with E-state index in [1.165, 1.54) is 141 Å². The molecule has 0 bridgehead atoms. The second kappa shape index (κ2) is 36.8. The van der Waals surface area contributed by atoms with Crippen molar-refractivity contribution >= 4 is 19.8 Å². The van der Waals surface area contributed by atoms with Gasteiger partial charge in [0.2, 0.25) is 0 Å². The van der Waals surface area contributed by atoms with Gasteiger partial charge < -0.3 is 20.1 Å². The highest BCUT2D eigenvalue weighted by molar-refractivity contribution is 7.47. The second-order valence-electron chi connectivity index (χ2n) is 13.9. The first-order valence-electron chi connectivity index (χ1n) is 20.5. The standard InChI is InChI=1S/C39H78NO8P/c1-3-5-7-9-11-13-15-17-18-20-22-24-26-28-30-32-39(42)48-37(36-47-49(43,44)46-34-33-40)35-45-38(41)31-29-27-25-23-21-19-16-14-12-10-8-6-4-2/h37H,3-36,40H2,1-2H3,(H,43,44)/t37-/m1/s1. The van der Waals surface area contributed by atoms with E-state index in [1.54, 1.807) is 0 Å². The molecule has 0 rings (SSSR count). The van der Waals surface area contributed by atoms with Crippen LogP contribution in [0.2, 0.25) is 0 Å². The molecule has 0 heterocycles. The van der Waals surface area contributed by atoms with Gasteiger partial charge in [0.15, 0.2) is 6.10 Å². The van der Waals surface area contributed by atoms with Crippen molar-refractivity contribution in [2.75, 3.05) is 26.4 Å². The molecule has 1 unspecified atom stereocenters. The van der Waals surface area contributed by atoms with Crippen LogP contribution in [0.1, 0.15) is 206 Å². The number of rotatable bonds is 39. The summed E-state index contributed by atoms with van der Waals surface area (Å²) in [6, 6.07) is 0. The molecule has 0 aromatic carbocycles. The minimum absolute atomic E-state index is 0.0579. The highest BCUT2D eigenvalue weighted by Gasteiger charge is 2.26. The van der Waals surface area contributed by atoms with Crippen LogP contribution >= 0.6 is 7.82 Å². The Morgan fingerprint density at radius 1 is 0.531 bits per heavy atom. The summed E-state index contributed by atoms with van der Waals surface area (Å²) in [4.78, 5) is 34.8. The Bertz CT molecular complexity index is 784. The molecule has 292 valence electrons. The number of carbonyl (C=O) groups excluding carboxylic acids is 2. The molecule has 9 nitrogen and oxygen atoms in total. The summed E-state index contributed by atoms with van der Waals surface area (Å²) in [5, 5.41) is 0. The Hall–Kier alpha value is -0.990. The maximum atomic E-state index is 12.5. The van der Waals surface area contributed by atoms with Gasteiger partial charge in [0, 0.05) is 19.4 Å². The number of hydrogen-bond acceptors (Lipinski definition) is 8. The van der Waals surface area contributed by atoms with Crippen molar-refractivity contribution in [3.05, 3.63) is 0 Å². The van der Waals surface area contributed by atoms with Crippen LogP contribution in [0, 0.1) is 0 Å². The minimum atomic E-state index is -4.36. The molecule has 2 atom stereocenters. The molecule has 0 saturated carbocycles. The fourth-order valence-electron chi connectivity index (χ4n) is 5.93. The number of unbranched alkanes of at least 4 members (excludes halogenated alkanes) is 26. The quantitative estimate of drug-likeness (QED) is 0.0361. The summed E-state index contributed by atoms with van der Waals surface area (Å²) in [6.45, 7) is 3.76. The number of phosphoric ester groups is 1. The SMILES string of the molecule is CCCCCCCCCCCCCCCCCC(=O)O[C@H](COC(=O)CCCCCCCCCCCCCCC)COP(=O)(O)OCCN. The van der Waals surface area contributed by atoms with Gasteiger partial charge >= 0.3 is 19.8 Å². The second-order valence-corrected chi connectivity index (χ2v) is 15.3. The van der Waals surface area contributed by atoms with E-state index in [9.17, 15) is 19.0 Å². The molecule has 49 heavy (non-hydrogen) atoms. The lowest BCUT2D eigenvalue weighted by atomic mass is 10.0. The van der Waals surface area contributed by atoms with Crippen LogP contribution in [0.25, 0.3) is 0 Å². The van der Waals surface area contributed by atoms with E-state index in [2.05, 4.69) is 13.8 Å². The van der Waals surface area contributed by atoms with Gasteiger partial charge in [-0.2, -0.15) is 0 Å². The van der Waals surface area contributed by atoms with E-state index < -0.39 is 26.5 Å². The molecule has 0 aliphatic carbocycles. The first-order valence-corrected chi connectivity index (χ1v) is 22.0. The van der Waals surface area contributed by atoms with Gasteiger partial charge in [-0.15, -0.1) is 0 Å².